The molecule has 2 saturated heterocycles. The Morgan fingerprint density at radius 2 is 0.731 bits per heavy atom. The van der Waals surface area contributed by atoms with E-state index in [1.807, 2.05) is 182 Å². The lowest BCUT2D eigenvalue weighted by Gasteiger charge is -2.27. The van der Waals surface area contributed by atoms with E-state index in [2.05, 4.69) is 34.0 Å². The summed E-state index contributed by atoms with van der Waals surface area (Å²) < 4.78 is 10.8. The second-order valence-corrected chi connectivity index (χ2v) is 29.8. The molecule has 0 saturated carbocycles. The predicted octanol–water partition coefficient (Wildman–Crippen LogP) is 11.3. The quantitative estimate of drug-likeness (QED) is 0.0116. The Balaban J connectivity index is 0.000000915. The summed E-state index contributed by atoms with van der Waals surface area (Å²) in [4.78, 5) is 136. The van der Waals surface area contributed by atoms with Crippen LogP contribution < -0.4 is 21.7 Å². The summed E-state index contributed by atoms with van der Waals surface area (Å²) in [5.41, 5.74) is 10.4. The number of benzene rings is 4. The third-order valence-electron chi connectivity index (χ3n) is 18.3. The number of hydrogen-bond donors (Lipinski definition) is 8. The Morgan fingerprint density at radius 1 is 0.435 bits per heavy atom. The van der Waals surface area contributed by atoms with Gasteiger partial charge in [-0.2, -0.15) is 0 Å². The van der Waals surface area contributed by atoms with Crippen LogP contribution in [0.3, 0.4) is 0 Å². The standard InChI is InChI=1S/C42H59N3O6.C33H44N2O6.C9H17NO.CH4O.CH4.H2O2/c1-29(2)23-37(43-41(49)34(18-17-32-13-9-7-10-14-32)26-36(46)28-45-19-21-51-22-20-45)39(47)27-35(25-33-15-11-8-12-16-33)42(50)44-38(24-30(3)4)40(48)31(5)6;1-24(2)19-30(31(37)22-28(33(39)40)20-26-11-7-4-8-12-26)34-32(38)27(14-13-25-9-5-3-6-10-25)21-29(36)23-35-15-17-41-18-16-35;1-6(2)5-8(10)9(11)7(3)4;1-2;;1-2/h7-16,29-30,34-35,37-38H,5,17-28H2,1-4,6H3,(H,43,49)(H,44,50);3-12,24,27-28,30H,13-23H2,1-2H3,(H,34,38)(H,39,40);6,8H,3,5,10H2,1-2,4H3;2H,1H3;1H4;1-2H/t34-,35-,37+,38+;27-,28-,30+;8-;;;/m110.../s1. The molecule has 2 fully saturated rings. The number of amides is 3. The number of Topliss-reactive ketones (excluding diaryl/α,β-unsaturated/α-hetero) is 6. The number of nitrogens with two attached hydrogens (primary N) is 1. The van der Waals surface area contributed by atoms with E-state index >= 15 is 0 Å². The van der Waals surface area contributed by atoms with Crippen LogP contribution in [-0.4, -0.2) is 186 Å². The van der Waals surface area contributed by atoms with Crippen molar-refractivity contribution in [2.24, 2.45) is 53.1 Å². The summed E-state index contributed by atoms with van der Waals surface area (Å²) in [6, 6.07) is 35.6. The first-order chi connectivity index (χ1) is 51.0. The Kier molecular flexibility index (Phi) is 50.2. The van der Waals surface area contributed by atoms with Gasteiger partial charge in [-0.25, -0.2) is 0 Å². The first-order valence-corrected chi connectivity index (χ1v) is 37.8. The van der Waals surface area contributed by atoms with Crippen molar-refractivity contribution in [1.29, 1.82) is 0 Å². The van der Waals surface area contributed by atoms with Crippen molar-refractivity contribution < 1.29 is 78.1 Å². The number of aliphatic hydroxyl groups excluding tert-OH is 1. The highest BCUT2D eigenvalue weighted by Crippen LogP contribution is 2.24. The molecule has 0 unspecified atom stereocenters. The van der Waals surface area contributed by atoms with Gasteiger partial charge in [0.2, 0.25) is 17.7 Å². The van der Waals surface area contributed by atoms with Gasteiger partial charge in [0, 0.05) is 76.7 Å². The third kappa shape index (κ3) is 40.9. The molecule has 22 nitrogen and oxygen atoms in total. The van der Waals surface area contributed by atoms with Crippen molar-refractivity contribution in [1.82, 2.24) is 25.8 Å². The molecule has 4 aromatic rings. The van der Waals surface area contributed by atoms with Crippen molar-refractivity contribution in [3.05, 3.63) is 168 Å². The van der Waals surface area contributed by atoms with Gasteiger partial charge >= 0.3 is 5.97 Å². The molecule has 0 spiro atoms. The largest absolute Gasteiger partial charge is 0.481 e. The van der Waals surface area contributed by atoms with E-state index in [-0.39, 0.29) is 129 Å². The molecular weight excluding hydrogens is 1370 g/mol. The maximum atomic E-state index is 14.2. The first kappa shape index (κ1) is 98.0. The number of nitrogens with one attached hydrogen (secondary N) is 3. The molecule has 2 aliphatic heterocycles. The Hall–Kier alpha value is -8.06. The minimum absolute atomic E-state index is 0. The number of ether oxygens (including phenoxy) is 2. The number of carboxylic acid groups (broad SMARTS) is 1. The van der Waals surface area contributed by atoms with Crippen LogP contribution in [0.4, 0.5) is 0 Å². The van der Waals surface area contributed by atoms with Crippen LogP contribution >= 0.6 is 0 Å². The molecule has 0 bridgehead atoms. The van der Waals surface area contributed by atoms with Crippen molar-refractivity contribution in [2.75, 3.05) is 72.8 Å². The normalized spacial score (nSPS) is 15.0. The maximum Gasteiger partial charge on any atom is 0.307 e. The average Bonchev–Trinajstić information content (AvgIpc) is 0.856. The molecule has 4 aromatic carbocycles. The average molecular weight is 1500 g/mol. The number of morpholine rings is 2. The topological polar surface area (TPSA) is 339 Å². The lowest BCUT2D eigenvalue weighted by atomic mass is 9.87. The highest BCUT2D eigenvalue weighted by Gasteiger charge is 2.35. The monoisotopic (exact) mass is 1500 g/mol. The fourth-order valence-corrected chi connectivity index (χ4v) is 12.7. The summed E-state index contributed by atoms with van der Waals surface area (Å²) in [6.07, 6.45) is 4.57. The molecule has 0 aromatic heterocycles. The number of carbonyl (C=O) groups excluding carboxylic acids is 9. The van der Waals surface area contributed by atoms with Gasteiger partial charge in [0.05, 0.1) is 69.6 Å². The molecule has 600 valence electrons. The van der Waals surface area contributed by atoms with Crippen LogP contribution in [0.5, 0.6) is 0 Å². The van der Waals surface area contributed by atoms with Gasteiger partial charge in [0.15, 0.2) is 23.1 Å². The Labute approximate surface area is 643 Å². The van der Waals surface area contributed by atoms with Gasteiger partial charge in [-0.15, -0.1) is 0 Å². The van der Waals surface area contributed by atoms with Gasteiger partial charge < -0.3 is 41.4 Å². The molecule has 0 radical (unpaired) electrons. The van der Waals surface area contributed by atoms with Crippen LogP contribution in [0.15, 0.2) is 146 Å². The minimum atomic E-state index is -1.04. The fourth-order valence-electron chi connectivity index (χ4n) is 12.7. The maximum absolute atomic E-state index is 14.2. The zero-order valence-electron chi connectivity index (χ0n) is 65.5. The minimum Gasteiger partial charge on any atom is -0.481 e. The number of rotatable bonds is 43. The number of ketones is 6. The summed E-state index contributed by atoms with van der Waals surface area (Å²) in [5.74, 6) is -4.94. The van der Waals surface area contributed by atoms with Gasteiger partial charge in [-0.1, -0.05) is 197 Å². The molecule has 8 atom stereocenters. The summed E-state index contributed by atoms with van der Waals surface area (Å²) >= 11 is 0. The van der Waals surface area contributed by atoms with Gasteiger partial charge in [0.25, 0.3) is 0 Å². The Morgan fingerprint density at radius 3 is 1.06 bits per heavy atom. The van der Waals surface area contributed by atoms with Crippen LogP contribution in [0.1, 0.15) is 163 Å². The molecular formula is C86H130N6O16. The van der Waals surface area contributed by atoms with E-state index in [0.29, 0.717) is 121 Å². The number of hydrogen-bond acceptors (Lipinski definition) is 18. The lowest BCUT2D eigenvalue weighted by molar-refractivity contribution is -0.176. The van der Waals surface area contributed by atoms with Gasteiger partial charge in [0.1, 0.15) is 11.6 Å². The zero-order chi connectivity index (χ0) is 80.0. The van der Waals surface area contributed by atoms with Crippen LogP contribution in [-0.2, 0) is 83.1 Å². The smallest absolute Gasteiger partial charge is 0.307 e. The summed E-state index contributed by atoms with van der Waals surface area (Å²) in [6.45, 7) is 32.2. The molecule has 2 heterocycles. The molecule has 9 N–H and O–H groups in total. The van der Waals surface area contributed by atoms with E-state index in [1.165, 1.54) is 0 Å². The zero-order valence-corrected chi connectivity index (χ0v) is 65.5. The van der Waals surface area contributed by atoms with Crippen molar-refractivity contribution >= 4 is 58.4 Å². The molecule has 3 amide bonds. The number of carboxylic acids is 1. The molecule has 2 aliphatic rings. The van der Waals surface area contributed by atoms with Crippen molar-refractivity contribution in [3.8, 4) is 0 Å². The number of aryl methyl sites for hydroxylation is 2. The highest BCUT2D eigenvalue weighted by atomic mass is 17.0. The molecule has 6 rings (SSSR count). The van der Waals surface area contributed by atoms with Crippen molar-refractivity contribution in [2.45, 2.75) is 191 Å². The number of carbonyl (C=O) groups is 10. The first-order valence-electron chi connectivity index (χ1n) is 37.8. The number of aliphatic hydroxyl groups is 1. The predicted molar refractivity (Wildman–Crippen MR) is 426 cm³/mol. The fraction of sp³-hybridized carbons (Fsp3) is 0.558. The summed E-state index contributed by atoms with van der Waals surface area (Å²) in [5, 5.41) is 37.7. The Bertz CT molecular complexity index is 3300. The van der Waals surface area contributed by atoms with Gasteiger partial charge in [-0.05, 0) is 135 Å². The van der Waals surface area contributed by atoms with Crippen LogP contribution in [0, 0.1) is 47.3 Å². The second-order valence-electron chi connectivity index (χ2n) is 29.8. The summed E-state index contributed by atoms with van der Waals surface area (Å²) in [7, 11) is 1.00. The number of aliphatic carboxylic acids is 1. The van der Waals surface area contributed by atoms with E-state index < -0.39 is 47.8 Å². The van der Waals surface area contributed by atoms with Crippen LogP contribution in [0.2, 0.25) is 0 Å². The third-order valence-corrected chi connectivity index (χ3v) is 18.3. The molecule has 108 heavy (non-hydrogen) atoms. The highest BCUT2D eigenvalue weighted by molar-refractivity contribution is 6.01. The van der Waals surface area contributed by atoms with E-state index in [4.69, 9.17) is 30.8 Å². The van der Waals surface area contributed by atoms with E-state index in [1.54, 1.807) is 13.8 Å². The SMILES string of the molecule is C.C=C(C)C(=O)[C@@H](N)CC(C)C.C=C(C)C(=O)[C@H](CC(C)C)NC(=O)[C@@H](CC(=O)[C@H](CC(C)C)NC(=O)[C@H](CCc1ccccc1)CC(=O)CN1CCOCC1)Cc1ccccc1.CC(C)C[C@H](NC(=O)[C@H](CCc1ccccc1)CC(=O)CN1CCOCC1)C(=O)C[C@@H](Cc1ccccc1)C(=O)O.CO.OO. The van der Waals surface area contributed by atoms with Crippen molar-refractivity contribution in [3.63, 3.8) is 0 Å². The van der Waals surface area contributed by atoms with Crippen LogP contribution in [0.25, 0.3) is 0 Å². The van der Waals surface area contributed by atoms with Gasteiger partial charge in [-0.3, -0.25) is 68.3 Å². The number of nitrogens with zero attached hydrogens (tertiary/aromatic N) is 2. The molecule has 0 aliphatic carbocycles. The lowest BCUT2D eigenvalue weighted by Crippen LogP contribution is -2.48. The van der Waals surface area contributed by atoms with E-state index in [9.17, 15) is 53.1 Å². The molecule has 22 heteroatoms. The van der Waals surface area contributed by atoms with E-state index in [0.717, 1.165) is 35.8 Å². The second kappa shape index (κ2) is 55.4.